The second kappa shape index (κ2) is 11.6. The van der Waals surface area contributed by atoms with Gasteiger partial charge >= 0.3 is 5.97 Å². The first kappa shape index (κ1) is 25.7. The Hall–Kier alpha value is -4.36. The summed E-state index contributed by atoms with van der Waals surface area (Å²) in [5.74, 6) is -1.54. The molecule has 1 atom stereocenters. The van der Waals surface area contributed by atoms with E-state index >= 15 is 0 Å². The van der Waals surface area contributed by atoms with Crippen molar-refractivity contribution in [1.29, 1.82) is 0 Å². The zero-order chi connectivity index (χ0) is 26.4. The molecule has 4 aromatic rings. The Balaban J connectivity index is 1.58. The number of carboxylic acids is 1. The Morgan fingerprint density at radius 1 is 0.757 bits per heavy atom. The number of hydrogen-bond donors (Lipinski definition) is 3. The lowest BCUT2D eigenvalue weighted by Crippen LogP contribution is -2.20. The number of aryl methyl sites for hydroxylation is 2. The summed E-state index contributed by atoms with van der Waals surface area (Å²) in [6, 6.07) is 28.7. The van der Waals surface area contributed by atoms with Crippen LogP contribution in [0.5, 0.6) is 0 Å². The summed E-state index contributed by atoms with van der Waals surface area (Å²) in [6.07, 6.45) is 0. The van der Waals surface area contributed by atoms with Crippen molar-refractivity contribution in [3.05, 3.63) is 125 Å². The van der Waals surface area contributed by atoms with Gasteiger partial charge in [0.1, 0.15) is 5.25 Å². The number of benzene rings is 4. The molecule has 0 radical (unpaired) electrons. The molecule has 7 heteroatoms. The van der Waals surface area contributed by atoms with Crippen LogP contribution in [0.15, 0.2) is 102 Å². The van der Waals surface area contributed by atoms with E-state index in [9.17, 15) is 19.5 Å². The van der Waals surface area contributed by atoms with Crippen LogP contribution in [-0.4, -0.2) is 22.9 Å². The molecule has 0 fully saturated rings. The van der Waals surface area contributed by atoms with Crippen molar-refractivity contribution in [3.8, 4) is 0 Å². The summed E-state index contributed by atoms with van der Waals surface area (Å²) in [5, 5.41) is 14.6. The minimum absolute atomic E-state index is 0.0990. The standard InChI is InChI=1S/C30H26N2O4S/c1-19-9-6-7-14-25(19)28(33)31-23-12-8-13-24(18-23)37-27(21-10-4-3-5-11-21)29(34)32-26-17-22(30(35)36)16-15-20(26)2/h3-18,27H,1-2H3,(H,31,33)(H,32,34)(H,35,36). The maximum Gasteiger partial charge on any atom is 0.335 e. The molecule has 4 aromatic carbocycles. The Morgan fingerprint density at radius 3 is 2.22 bits per heavy atom. The molecule has 2 amide bonds. The van der Waals surface area contributed by atoms with E-state index < -0.39 is 11.2 Å². The second-order valence-electron chi connectivity index (χ2n) is 8.53. The predicted molar refractivity (Wildman–Crippen MR) is 147 cm³/mol. The van der Waals surface area contributed by atoms with Crippen LogP contribution >= 0.6 is 11.8 Å². The van der Waals surface area contributed by atoms with Crippen molar-refractivity contribution in [1.82, 2.24) is 0 Å². The van der Waals surface area contributed by atoms with Gasteiger partial charge in [-0.25, -0.2) is 4.79 Å². The van der Waals surface area contributed by atoms with Crippen molar-refractivity contribution >= 4 is 40.9 Å². The van der Waals surface area contributed by atoms with Gasteiger partial charge in [0.2, 0.25) is 5.91 Å². The van der Waals surface area contributed by atoms with Crippen molar-refractivity contribution in [2.24, 2.45) is 0 Å². The summed E-state index contributed by atoms with van der Waals surface area (Å²) in [6.45, 7) is 3.70. The largest absolute Gasteiger partial charge is 0.478 e. The van der Waals surface area contributed by atoms with Crippen LogP contribution in [0.3, 0.4) is 0 Å². The quantitative estimate of drug-likeness (QED) is 0.229. The van der Waals surface area contributed by atoms with Crippen LogP contribution in [0, 0.1) is 13.8 Å². The van der Waals surface area contributed by atoms with Gasteiger partial charge in [-0.15, -0.1) is 11.8 Å². The third kappa shape index (κ3) is 6.45. The van der Waals surface area contributed by atoms with Crippen molar-refractivity contribution < 1.29 is 19.5 Å². The maximum absolute atomic E-state index is 13.5. The number of rotatable bonds is 8. The summed E-state index contributed by atoms with van der Waals surface area (Å²) in [4.78, 5) is 38.5. The Labute approximate surface area is 219 Å². The van der Waals surface area contributed by atoms with Gasteiger partial charge in [-0.05, 0) is 66.9 Å². The lowest BCUT2D eigenvalue weighted by atomic mass is 10.1. The normalized spacial score (nSPS) is 11.4. The van der Waals surface area contributed by atoms with Gasteiger partial charge in [-0.1, -0.05) is 60.7 Å². The molecule has 37 heavy (non-hydrogen) atoms. The van der Waals surface area contributed by atoms with Crippen LogP contribution in [0.25, 0.3) is 0 Å². The molecule has 0 spiro atoms. The molecule has 0 aromatic heterocycles. The molecule has 0 heterocycles. The molecule has 6 nitrogen and oxygen atoms in total. The number of anilines is 2. The van der Waals surface area contributed by atoms with Gasteiger partial charge in [0.25, 0.3) is 5.91 Å². The highest BCUT2D eigenvalue weighted by atomic mass is 32.2. The summed E-state index contributed by atoms with van der Waals surface area (Å²) >= 11 is 1.35. The Morgan fingerprint density at radius 2 is 1.49 bits per heavy atom. The average Bonchev–Trinajstić information content (AvgIpc) is 2.89. The number of carbonyl (C=O) groups excluding carboxylic acids is 2. The van der Waals surface area contributed by atoms with Gasteiger partial charge in [0, 0.05) is 21.8 Å². The molecule has 3 N–H and O–H groups in total. The molecule has 4 rings (SSSR count). The lowest BCUT2D eigenvalue weighted by Gasteiger charge is -2.19. The van der Waals surface area contributed by atoms with E-state index in [1.807, 2.05) is 80.6 Å². The summed E-state index contributed by atoms with van der Waals surface area (Å²) in [5.41, 5.74) is 4.21. The van der Waals surface area contributed by atoms with Gasteiger partial charge in [-0.2, -0.15) is 0 Å². The van der Waals surface area contributed by atoms with E-state index in [0.717, 1.165) is 21.6 Å². The molecule has 0 saturated carbocycles. The Kier molecular flexibility index (Phi) is 8.05. The fraction of sp³-hybridized carbons (Fsp3) is 0.100. The van der Waals surface area contributed by atoms with Gasteiger partial charge < -0.3 is 15.7 Å². The minimum Gasteiger partial charge on any atom is -0.478 e. The first-order valence-electron chi connectivity index (χ1n) is 11.7. The number of aromatic carboxylic acids is 1. The van der Waals surface area contributed by atoms with E-state index in [2.05, 4.69) is 10.6 Å². The maximum atomic E-state index is 13.5. The highest BCUT2D eigenvalue weighted by Crippen LogP contribution is 2.37. The summed E-state index contributed by atoms with van der Waals surface area (Å²) < 4.78 is 0. The van der Waals surface area contributed by atoms with E-state index in [1.54, 1.807) is 18.2 Å². The number of hydrogen-bond acceptors (Lipinski definition) is 4. The minimum atomic E-state index is -1.06. The number of nitrogens with one attached hydrogen (secondary N) is 2. The zero-order valence-corrected chi connectivity index (χ0v) is 21.2. The van der Waals surface area contributed by atoms with Crippen LogP contribution in [0.4, 0.5) is 11.4 Å². The fourth-order valence-electron chi connectivity index (χ4n) is 3.80. The molecule has 0 bridgehead atoms. The van der Waals surface area contributed by atoms with Gasteiger partial charge in [-0.3, -0.25) is 9.59 Å². The van der Waals surface area contributed by atoms with Crippen LogP contribution < -0.4 is 10.6 Å². The first-order chi connectivity index (χ1) is 17.8. The van der Waals surface area contributed by atoms with Crippen LogP contribution in [-0.2, 0) is 4.79 Å². The van der Waals surface area contributed by atoms with Gasteiger partial charge in [0.05, 0.1) is 5.56 Å². The smallest absolute Gasteiger partial charge is 0.335 e. The highest BCUT2D eigenvalue weighted by Gasteiger charge is 2.23. The lowest BCUT2D eigenvalue weighted by molar-refractivity contribution is -0.115. The molecule has 0 aliphatic carbocycles. The van der Waals surface area contributed by atoms with Crippen molar-refractivity contribution in [2.45, 2.75) is 24.0 Å². The van der Waals surface area contributed by atoms with Crippen molar-refractivity contribution in [3.63, 3.8) is 0 Å². The number of carboxylic acid groups (broad SMARTS) is 1. The second-order valence-corrected chi connectivity index (χ2v) is 9.71. The molecule has 1 unspecified atom stereocenters. The average molecular weight is 511 g/mol. The topological polar surface area (TPSA) is 95.5 Å². The summed E-state index contributed by atoms with van der Waals surface area (Å²) in [7, 11) is 0. The third-order valence-corrected chi connectivity index (χ3v) is 7.07. The van der Waals surface area contributed by atoms with E-state index in [4.69, 9.17) is 0 Å². The molecule has 0 saturated heterocycles. The number of carbonyl (C=O) groups is 3. The van der Waals surface area contributed by atoms with Crippen LogP contribution in [0.1, 0.15) is 42.7 Å². The zero-order valence-electron chi connectivity index (χ0n) is 20.4. The van der Waals surface area contributed by atoms with E-state index in [0.29, 0.717) is 16.9 Å². The monoisotopic (exact) mass is 510 g/mol. The first-order valence-corrected chi connectivity index (χ1v) is 12.5. The predicted octanol–water partition coefficient (Wildman–Crippen LogP) is 6.73. The molecular weight excluding hydrogens is 484 g/mol. The van der Waals surface area contributed by atoms with Crippen LogP contribution in [0.2, 0.25) is 0 Å². The number of amides is 2. The molecular formula is C30H26N2O4S. The van der Waals surface area contributed by atoms with E-state index in [1.165, 1.54) is 23.9 Å². The fourth-order valence-corrected chi connectivity index (χ4v) is 4.88. The van der Waals surface area contributed by atoms with E-state index in [-0.39, 0.29) is 17.4 Å². The third-order valence-electron chi connectivity index (χ3n) is 5.82. The SMILES string of the molecule is Cc1ccc(C(=O)O)cc1NC(=O)C(Sc1cccc(NC(=O)c2ccccc2C)c1)c1ccccc1. The van der Waals surface area contributed by atoms with Crippen molar-refractivity contribution in [2.75, 3.05) is 10.6 Å². The molecule has 0 aliphatic rings. The number of thioether (sulfide) groups is 1. The van der Waals surface area contributed by atoms with Gasteiger partial charge in [0.15, 0.2) is 0 Å². The molecule has 186 valence electrons. The Bertz CT molecular complexity index is 1450. The highest BCUT2D eigenvalue weighted by molar-refractivity contribution is 8.00. The molecule has 0 aliphatic heterocycles.